The molecule has 12 heavy (non-hydrogen) atoms. The fraction of sp³-hybridized carbons (Fsp3) is 0.778. The Hall–Kier alpha value is -0.700. The molecule has 3 heteroatoms. The van der Waals surface area contributed by atoms with Gasteiger partial charge < -0.3 is 15.0 Å². The van der Waals surface area contributed by atoms with Crippen molar-refractivity contribution < 1.29 is 4.74 Å². The summed E-state index contributed by atoms with van der Waals surface area (Å²) in [5, 5.41) is 3.30. The van der Waals surface area contributed by atoms with E-state index in [0.717, 1.165) is 26.2 Å². The van der Waals surface area contributed by atoms with E-state index in [9.17, 15) is 0 Å². The fourth-order valence-corrected chi connectivity index (χ4v) is 1.11. The van der Waals surface area contributed by atoms with Gasteiger partial charge in [0, 0.05) is 32.4 Å². The van der Waals surface area contributed by atoms with Crippen LogP contribution in [-0.4, -0.2) is 37.2 Å². The number of hydrogen-bond donors (Lipinski definition) is 1. The first-order valence-corrected chi connectivity index (χ1v) is 4.56. The van der Waals surface area contributed by atoms with Crippen molar-refractivity contribution in [3.05, 3.63) is 12.5 Å². The van der Waals surface area contributed by atoms with Crippen molar-refractivity contribution in [2.45, 2.75) is 20.0 Å². The molecule has 1 fully saturated rings. The first kappa shape index (κ1) is 9.39. The van der Waals surface area contributed by atoms with Gasteiger partial charge in [0.25, 0.3) is 0 Å². The Balaban J connectivity index is 2.15. The third kappa shape index (κ3) is 3.62. The van der Waals surface area contributed by atoms with Gasteiger partial charge in [-0.2, -0.15) is 0 Å². The highest BCUT2D eigenvalue weighted by atomic mass is 16.5. The zero-order valence-electron chi connectivity index (χ0n) is 7.92. The fourth-order valence-electron chi connectivity index (χ4n) is 1.11. The average molecular weight is 170 g/mol. The van der Waals surface area contributed by atoms with Crippen LogP contribution in [0.4, 0.5) is 0 Å². The maximum absolute atomic E-state index is 5.30. The minimum absolute atomic E-state index is 0.282. The lowest BCUT2D eigenvalue weighted by atomic mass is 10.4. The van der Waals surface area contributed by atoms with Gasteiger partial charge in [-0.25, -0.2) is 0 Å². The number of piperazine rings is 1. The molecule has 0 aromatic rings. The summed E-state index contributed by atoms with van der Waals surface area (Å²) >= 11 is 0. The molecule has 3 nitrogen and oxygen atoms in total. The van der Waals surface area contributed by atoms with Gasteiger partial charge in [-0.05, 0) is 13.8 Å². The number of nitrogens with zero attached hydrogens (tertiary/aromatic N) is 1. The maximum Gasteiger partial charge on any atom is 0.0991 e. The Labute approximate surface area is 74.4 Å². The van der Waals surface area contributed by atoms with E-state index < -0.39 is 0 Å². The van der Waals surface area contributed by atoms with E-state index in [0.29, 0.717) is 0 Å². The number of nitrogens with one attached hydrogen (secondary N) is 1. The molecular formula is C9H18N2O. The van der Waals surface area contributed by atoms with Crippen LogP contribution in [0.15, 0.2) is 12.5 Å². The summed E-state index contributed by atoms with van der Waals surface area (Å²) < 4.78 is 5.30. The smallest absolute Gasteiger partial charge is 0.0991 e. The average Bonchev–Trinajstić information content (AvgIpc) is 2.05. The summed E-state index contributed by atoms with van der Waals surface area (Å²) in [6.07, 6.45) is 4.10. The zero-order valence-corrected chi connectivity index (χ0v) is 7.92. The quantitative estimate of drug-likeness (QED) is 0.634. The van der Waals surface area contributed by atoms with Gasteiger partial charge in [-0.15, -0.1) is 0 Å². The molecule has 0 aromatic carbocycles. The maximum atomic E-state index is 5.30. The second-order valence-electron chi connectivity index (χ2n) is 3.26. The lowest BCUT2D eigenvalue weighted by Gasteiger charge is -2.25. The first-order valence-electron chi connectivity index (χ1n) is 4.56. The molecule has 1 aliphatic heterocycles. The Morgan fingerprint density at radius 1 is 1.33 bits per heavy atom. The SMILES string of the molecule is CC(C)O/C=C\N1CCNCC1. The van der Waals surface area contributed by atoms with E-state index in [1.807, 2.05) is 20.0 Å². The Bertz CT molecular complexity index is 139. The van der Waals surface area contributed by atoms with Gasteiger partial charge in [0.2, 0.25) is 0 Å². The Morgan fingerprint density at radius 2 is 2.00 bits per heavy atom. The van der Waals surface area contributed by atoms with Crippen LogP contribution in [0.1, 0.15) is 13.8 Å². The summed E-state index contributed by atoms with van der Waals surface area (Å²) in [7, 11) is 0. The van der Waals surface area contributed by atoms with Gasteiger partial charge in [-0.1, -0.05) is 0 Å². The zero-order chi connectivity index (χ0) is 8.81. The van der Waals surface area contributed by atoms with Crippen molar-refractivity contribution in [1.29, 1.82) is 0 Å². The van der Waals surface area contributed by atoms with Crippen LogP contribution in [-0.2, 0) is 4.74 Å². The predicted octanol–water partition coefficient (Wildman–Crippen LogP) is 0.788. The third-order valence-corrected chi connectivity index (χ3v) is 1.77. The Morgan fingerprint density at radius 3 is 2.58 bits per heavy atom. The molecule has 0 unspecified atom stereocenters. The largest absolute Gasteiger partial charge is 0.497 e. The first-order chi connectivity index (χ1) is 5.79. The van der Waals surface area contributed by atoms with Crippen molar-refractivity contribution in [3.8, 4) is 0 Å². The minimum atomic E-state index is 0.282. The van der Waals surface area contributed by atoms with Crippen molar-refractivity contribution in [3.63, 3.8) is 0 Å². The lowest BCUT2D eigenvalue weighted by molar-refractivity contribution is 0.172. The van der Waals surface area contributed by atoms with Gasteiger partial charge in [0.15, 0.2) is 0 Å². The van der Waals surface area contributed by atoms with Crippen LogP contribution < -0.4 is 5.32 Å². The molecule has 1 saturated heterocycles. The van der Waals surface area contributed by atoms with Gasteiger partial charge in [-0.3, -0.25) is 0 Å². The van der Waals surface area contributed by atoms with E-state index in [1.54, 1.807) is 6.26 Å². The molecule has 0 atom stereocenters. The predicted molar refractivity (Wildman–Crippen MR) is 49.8 cm³/mol. The molecule has 1 aliphatic rings. The number of ether oxygens (including phenoxy) is 1. The van der Waals surface area contributed by atoms with Crippen LogP contribution in [0.5, 0.6) is 0 Å². The van der Waals surface area contributed by atoms with E-state index >= 15 is 0 Å². The van der Waals surface area contributed by atoms with Crippen LogP contribution in [0.25, 0.3) is 0 Å². The number of hydrogen-bond acceptors (Lipinski definition) is 3. The molecule has 1 heterocycles. The van der Waals surface area contributed by atoms with E-state index in [-0.39, 0.29) is 6.10 Å². The lowest BCUT2D eigenvalue weighted by Crippen LogP contribution is -2.40. The minimum Gasteiger partial charge on any atom is -0.497 e. The Kier molecular flexibility index (Phi) is 3.94. The summed E-state index contributed by atoms with van der Waals surface area (Å²) in [6, 6.07) is 0. The molecule has 0 aromatic heterocycles. The summed E-state index contributed by atoms with van der Waals surface area (Å²) in [5.74, 6) is 0. The monoisotopic (exact) mass is 170 g/mol. The molecule has 0 bridgehead atoms. The molecule has 1 rings (SSSR count). The second-order valence-corrected chi connectivity index (χ2v) is 3.26. The topological polar surface area (TPSA) is 24.5 Å². The summed E-state index contributed by atoms with van der Waals surface area (Å²) in [4.78, 5) is 2.26. The van der Waals surface area contributed by atoms with Crippen LogP contribution >= 0.6 is 0 Å². The molecule has 0 saturated carbocycles. The summed E-state index contributed by atoms with van der Waals surface area (Å²) in [6.45, 7) is 8.37. The van der Waals surface area contributed by atoms with E-state index in [2.05, 4.69) is 10.2 Å². The standard InChI is InChI=1S/C9H18N2O/c1-9(2)12-8-7-11-5-3-10-4-6-11/h7-10H,3-6H2,1-2H3/b8-7-. The summed E-state index contributed by atoms with van der Waals surface area (Å²) in [5.41, 5.74) is 0. The van der Waals surface area contributed by atoms with Gasteiger partial charge >= 0.3 is 0 Å². The molecule has 0 aliphatic carbocycles. The van der Waals surface area contributed by atoms with E-state index in [1.165, 1.54) is 0 Å². The van der Waals surface area contributed by atoms with Crippen molar-refractivity contribution in [1.82, 2.24) is 10.2 Å². The normalized spacial score (nSPS) is 19.1. The molecule has 1 N–H and O–H groups in total. The highest BCUT2D eigenvalue weighted by Crippen LogP contribution is 1.95. The number of rotatable bonds is 3. The van der Waals surface area contributed by atoms with Crippen molar-refractivity contribution >= 4 is 0 Å². The van der Waals surface area contributed by atoms with Crippen molar-refractivity contribution in [2.24, 2.45) is 0 Å². The van der Waals surface area contributed by atoms with Crippen LogP contribution in [0.2, 0.25) is 0 Å². The highest BCUT2D eigenvalue weighted by Gasteiger charge is 2.03. The second kappa shape index (κ2) is 5.04. The van der Waals surface area contributed by atoms with Crippen LogP contribution in [0, 0.1) is 0 Å². The van der Waals surface area contributed by atoms with Crippen molar-refractivity contribution in [2.75, 3.05) is 26.2 Å². The molecule has 0 radical (unpaired) electrons. The third-order valence-electron chi connectivity index (χ3n) is 1.77. The van der Waals surface area contributed by atoms with Crippen LogP contribution in [0.3, 0.4) is 0 Å². The molecule has 0 amide bonds. The molecular weight excluding hydrogens is 152 g/mol. The van der Waals surface area contributed by atoms with Gasteiger partial charge in [0.05, 0.1) is 12.4 Å². The molecule has 0 spiro atoms. The highest BCUT2D eigenvalue weighted by molar-refractivity contribution is 4.80. The van der Waals surface area contributed by atoms with Gasteiger partial charge in [0.1, 0.15) is 0 Å². The van der Waals surface area contributed by atoms with E-state index in [4.69, 9.17) is 4.74 Å². The molecule has 70 valence electrons.